The molecular formula is C32H32NS+. The molecule has 4 aromatic carbocycles. The van der Waals surface area contributed by atoms with Crippen LogP contribution in [0.25, 0.3) is 43.6 Å². The van der Waals surface area contributed by atoms with Crippen molar-refractivity contribution >= 4 is 44.1 Å². The zero-order valence-electron chi connectivity index (χ0n) is 21.3. The number of nitrogens with zero attached hydrogens (tertiary/aromatic N) is 1. The average Bonchev–Trinajstić information content (AvgIpc) is 2.78. The Morgan fingerprint density at radius 2 is 1.59 bits per heavy atom. The van der Waals surface area contributed by atoms with E-state index in [1.807, 2.05) is 11.8 Å². The molecule has 0 N–H and O–H groups in total. The van der Waals surface area contributed by atoms with Crippen LogP contribution in [0.2, 0.25) is 0 Å². The van der Waals surface area contributed by atoms with Crippen LogP contribution in [-0.2, 0) is 13.5 Å². The zero-order chi connectivity index (χ0) is 23.9. The van der Waals surface area contributed by atoms with Gasteiger partial charge in [-0.15, -0.1) is 0 Å². The van der Waals surface area contributed by atoms with Gasteiger partial charge in [0.05, 0.1) is 10.9 Å². The molecule has 0 atom stereocenters. The SMILES string of the molecule is Cc1ccc2c(C)c3c(c(C)c2c1)-c1c2c(cc4ccc(CC(C)(C)C)cc4c2cc[n+]1C)S3. The van der Waals surface area contributed by atoms with E-state index >= 15 is 0 Å². The molecule has 1 aliphatic rings. The minimum Gasteiger partial charge on any atom is -0.200 e. The van der Waals surface area contributed by atoms with Crippen molar-refractivity contribution in [3.63, 3.8) is 0 Å². The molecule has 0 fully saturated rings. The van der Waals surface area contributed by atoms with Gasteiger partial charge in [0.2, 0.25) is 5.69 Å². The number of pyridine rings is 1. The second kappa shape index (κ2) is 7.33. The second-order valence-electron chi connectivity index (χ2n) is 11.3. The smallest absolute Gasteiger partial charge is 0.200 e. The van der Waals surface area contributed by atoms with E-state index < -0.39 is 0 Å². The lowest BCUT2D eigenvalue weighted by atomic mass is 9.86. The minimum atomic E-state index is 0.273. The van der Waals surface area contributed by atoms with E-state index in [2.05, 4.69) is 108 Å². The largest absolute Gasteiger partial charge is 0.222 e. The molecule has 0 saturated carbocycles. The topological polar surface area (TPSA) is 3.88 Å². The molecule has 5 aromatic rings. The monoisotopic (exact) mass is 462 g/mol. The molecule has 0 spiro atoms. The van der Waals surface area contributed by atoms with Crippen LogP contribution in [0.5, 0.6) is 0 Å². The Bertz CT molecular complexity index is 1670. The summed E-state index contributed by atoms with van der Waals surface area (Å²) in [6, 6.07) is 18.7. The van der Waals surface area contributed by atoms with Gasteiger partial charge in [0.15, 0.2) is 6.20 Å². The van der Waals surface area contributed by atoms with Crippen molar-refractivity contribution in [3.8, 4) is 11.3 Å². The molecular weight excluding hydrogens is 430 g/mol. The van der Waals surface area contributed by atoms with Gasteiger partial charge in [-0.2, -0.15) is 0 Å². The van der Waals surface area contributed by atoms with Crippen LogP contribution in [-0.4, -0.2) is 0 Å². The number of hydrogen-bond acceptors (Lipinski definition) is 1. The van der Waals surface area contributed by atoms with E-state index in [1.165, 1.54) is 75.6 Å². The highest BCUT2D eigenvalue weighted by molar-refractivity contribution is 8.00. The predicted molar refractivity (Wildman–Crippen MR) is 147 cm³/mol. The highest BCUT2D eigenvalue weighted by Crippen LogP contribution is 2.52. The molecule has 2 heterocycles. The Balaban J connectivity index is 1.73. The second-order valence-corrected chi connectivity index (χ2v) is 12.4. The van der Waals surface area contributed by atoms with Gasteiger partial charge >= 0.3 is 0 Å². The van der Waals surface area contributed by atoms with Gasteiger partial charge in [0.25, 0.3) is 0 Å². The Morgan fingerprint density at radius 1 is 0.794 bits per heavy atom. The summed E-state index contributed by atoms with van der Waals surface area (Å²) in [6.45, 7) is 13.8. The zero-order valence-corrected chi connectivity index (χ0v) is 22.1. The van der Waals surface area contributed by atoms with Gasteiger partial charge in [-0.25, -0.2) is 4.57 Å². The van der Waals surface area contributed by atoms with Crippen LogP contribution in [0.3, 0.4) is 0 Å². The average molecular weight is 463 g/mol. The number of aryl methyl sites for hydroxylation is 4. The minimum absolute atomic E-state index is 0.273. The lowest BCUT2D eigenvalue weighted by Crippen LogP contribution is -2.32. The number of aromatic nitrogens is 1. The third-order valence-electron chi connectivity index (χ3n) is 7.37. The summed E-state index contributed by atoms with van der Waals surface area (Å²) in [5.41, 5.74) is 8.56. The summed E-state index contributed by atoms with van der Waals surface area (Å²) in [7, 11) is 2.20. The summed E-state index contributed by atoms with van der Waals surface area (Å²) in [5.74, 6) is 0. The van der Waals surface area contributed by atoms with Crippen molar-refractivity contribution in [1.29, 1.82) is 0 Å². The van der Waals surface area contributed by atoms with E-state index in [0.717, 1.165) is 6.42 Å². The van der Waals surface area contributed by atoms with Crippen LogP contribution < -0.4 is 4.57 Å². The van der Waals surface area contributed by atoms with E-state index in [1.54, 1.807) is 0 Å². The Morgan fingerprint density at radius 3 is 2.35 bits per heavy atom. The van der Waals surface area contributed by atoms with Crippen molar-refractivity contribution in [3.05, 3.63) is 77.0 Å². The van der Waals surface area contributed by atoms with Gasteiger partial charge in [0.1, 0.15) is 7.05 Å². The van der Waals surface area contributed by atoms with Gasteiger partial charge < -0.3 is 0 Å². The molecule has 1 nitrogen and oxygen atoms in total. The fourth-order valence-electron chi connectivity index (χ4n) is 5.83. The number of rotatable bonds is 1. The fourth-order valence-corrected chi connectivity index (χ4v) is 7.16. The summed E-state index contributed by atoms with van der Waals surface area (Å²) < 4.78 is 2.34. The van der Waals surface area contributed by atoms with E-state index in [0.29, 0.717) is 0 Å². The molecule has 1 aliphatic heterocycles. The molecule has 0 unspecified atom stereocenters. The van der Waals surface area contributed by atoms with E-state index in [9.17, 15) is 0 Å². The lowest BCUT2D eigenvalue weighted by Gasteiger charge is -2.24. The van der Waals surface area contributed by atoms with Crippen LogP contribution in [0.4, 0.5) is 0 Å². The highest BCUT2D eigenvalue weighted by Gasteiger charge is 2.31. The molecule has 0 amide bonds. The molecule has 0 radical (unpaired) electrons. The Hall–Kier alpha value is -2.84. The maximum Gasteiger partial charge on any atom is 0.222 e. The molecule has 0 bridgehead atoms. The van der Waals surface area contributed by atoms with Gasteiger partial charge in [-0.05, 0) is 76.9 Å². The van der Waals surface area contributed by atoms with Crippen molar-refractivity contribution in [1.82, 2.24) is 0 Å². The lowest BCUT2D eigenvalue weighted by molar-refractivity contribution is -0.659. The Kier molecular flexibility index (Phi) is 4.67. The summed E-state index contributed by atoms with van der Waals surface area (Å²) >= 11 is 1.96. The molecule has 0 aliphatic carbocycles. The number of benzene rings is 4. The first-order valence-corrected chi connectivity index (χ1v) is 13.0. The van der Waals surface area contributed by atoms with Gasteiger partial charge in [0, 0.05) is 21.2 Å². The van der Waals surface area contributed by atoms with Crippen LogP contribution in [0.1, 0.15) is 43.0 Å². The first kappa shape index (κ1) is 21.7. The highest BCUT2D eigenvalue weighted by atomic mass is 32.2. The first-order valence-electron chi connectivity index (χ1n) is 12.2. The van der Waals surface area contributed by atoms with E-state index in [4.69, 9.17) is 0 Å². The Labute approximate surface area is 206 Å². The van der Waals surface area contributed by atoms with Gasteiger partial charge in [-0.3, -0.25) is 0 Å². The quantitative estimate of drug-likeness (QED) is 0.175. The van der Waals surface area contributed by atoms with Crippen LogP contribution >= 0.6 is 11.8 Å². The molecule has 1 aromatic heterocycles. The third-order valence-corrected chi connectivity index (χ3v) is 8.63. The third kappa shape index (κ3) is 3.19. The van der Waals surface area contributed by atoms with Crippen molar-refractivity contribution in [2.75, 3.05) is 0 Å². The maximum atomic E-state index is 2.44. The summed E-state index contributed by atoms with van der Waals surface area (Å²) in [6.07, 6.45) is 3.34. The van der Waals surface area contributed by atoms with E-state index in [-0.39, 0.29) is 5.41 Å². The first-order chi connectivity index (χ1) is 16.1. The van der Waals surface area contributed by atoms with Crippen molar-refractivity contribution in [2.45, 2.75) is 57.8 Å². The molecule has 2 heteroatoms. The van der Waals surface area contributed by atoms with Crippen LogP contribution in [0.15, 0.2) is 64.5 Å². The molecule has 0 saturated heterocycles. The summed E-state index contributed by atoms with van der Waals surface area (Å²) in [5, 5.41) is 8.23. The van der Waals surface area contributed by atoms with Crippen molar-refractivity contribution < 1.29 is 4.57 Å². The van der Waals surface area contributed by atoms with Gasteiger partial charge in [-0.1, -0.05) is 74.5 Å². The number of fused-ring (bicyclic) bond motifs is 5. The maximum absolute atomic E-state index is 2.44. The normalized spacial score (nSPS) is 13.1. The molecule has 34 heavy (non-hydrogen) atoms. The standard InChI is InChI=1S/C32H32NS/c1-18-8-11-23-20(3)31-28(19(2)25(23)14-18)30-29-24(12-13-33(30)7)26-15-21(17-32(4,5)6)9-10-22(26)16-27(29)34-31/h8-16H,17H2,1-7H3/q+1. The predicted octanol–water partition coefficient (Wildman–Crippen LogP) is 8.62. The fraction of sp³-hybridized carbons (Fsp3) is 0.281. The van der Waals surface area contributed by atoms with Crippen LogP contribution in [0, 0.1) is 26.2 Å². The molecule has 170 valence electrons. The number of hydrogen-bond donors (Lipinski definition) is 0. The summed E-state index contributed by atoms with van der Waals surface area (Å²) in [4.78, 5) is 2.78. The molecule has 6 rings (SSSR count). The van der Waals surface area contributed by atoms with Crippen molar-refractivity contribution in [2.24, 2.45) is 12.5 Å².